The summed E-state index contributed by atoms with van der Waals surface area (Å²) in [6.45, 7) is 4.39. The Balaban J connectivity index is 1.59. The van der Waals surface area contributed by atoms with E-state index in [-0.39, 0.29) is 11.6 Å². The van der Waals surface area contributed by atoms with E-state index in [9.17, 15) is 5.11 Å². The van der Waals surface area contributed by atoms with Gasteiger partial charge in [0.2, 0.25) is 0 Å². The molecule has 1 spiro atoms. The molecule has 2 aliphatic heterocycles. The van der Waals surface area contributed by atoms with Crippen molar-refractivity contribution in [2.24, 2.45) is 0 Å². The molecule has 1 N–H and O–H groups in total. The van der Waals surface area contributed by atoms with E-state index in [1.165, 1.54) is 18.4 Å². The molecule has 1 atom stereocenters. The Morgan fingerprint density at radius 3 is 2.55 bits per heavy atom. The van der Waals surface area contributed by atoms with E-state index >= 15 is 0 Å². The Kier molecular flexibility index (Phi) is 4.11. The summed E-state index contributed by atoms with van der Waals surface area (Å²) in [4.78, 5) is 5.05. The Morgan fingerprint density at radius 2 is 1.85 bits per heavy atom. The van der Waals surface area contributed by atoms with E-state index in [0.717, 1.165) is 39.0 Å². The van der Waals surface area contributed by atoms with Crippen LogP contribution in [0.15, 0.2) is 30.3 Å². The minimum atomic E-state index is -0.0909. The molecule has 2 aliphatic rings. The Bertz CT molecular complexity index is 426. The molecule has 0 amide bonds. The lowest BCUT2D eigenvalue weighted by atomic mass is 9.78. The SMILES string of the molecule is CN1CCC(O)CC12CCN(Cc1ccccc1)CC2. The first kappa shape index (κ1) is 14.1. The third-order valence-electron chi connectivity index (χ3n) is 5.26. The topological polar surface area (TPSA) is 26.7 Å². The van der Waals surface area contributed by atoms with Gasteiger partial charge in [-0.05, 0) is 38.3 Å². The van der Waals surface area contributed by atoms with Crippen LogP contribution in [0.1, 0.15) is 31.2 Å². The molecule has 2 fully saturated rings. The van der Waals surface area contributed by atoms with Crippen molar-refractivity contribution in [1.82, 2.24) is 9.80 Å². The van der Waals surface area contributed by atoms with E-state index in [1.807, 2.05) is 0 Å². The third kappa shape index (κ3) is 2.90. The van der Waals surface area contributed by atoms with Gasteiger partial charge in [-0.1, -0.05) is 30.3 Å². The predicted molar refractivity (Wildman–Crippen MR) is 81.6 cm³/mol. The molecule has 0 aromatic heterocycles. The molecule has 3 heteroatoms. The van der Waals surface area contributed by atoms with Gasteiger partial charge < -0.3 is 10.0 Å². The van der Waals surface area contributed by atoms with Crippen molar-refractivity contribution in [2.45, 2.75) is 43.9 Å². The fourth-order valence-corrected chi connectivity index (χ4v) is 3.83. The van der Waals surface area contributed by atoms with Crippen molar-refractivity contribution in [2.75, 3.05) is 26.7 Å². The zero-order valence-electron chi connectivity index (χ0n) is 12.5. The first-order valence-corrected chi connectivity index (χ1v) is 7.84. The van der Waals surface area contributed by atoms with Gasteiger partial charge in [-0.15, -0.1) is 0 Å². The molecule has 3 rings (SSSR count). The van der Waals surface area contributed by atoms with Crippen LogP contribution in [0.4, 0.5) is 0 Å². The van der Waals surface area contributed by atoms with Gasteiger partial charge in [-0.25, -0.2) is 0 Å². The number of rotatable bonds is 2. The molecule has 110 valence electrons. The average molecular weight is 274 g/mol. The van der Waals surface area contributed by atoms with Gasteiger partial charge in [-0.3, -0.25) is 4.90 Å². The summed E-state index contributed by atoms with van der Waals surface area (Å²) < 4.78 is 0. The van der Waals surface area contributed by atoms with Gasteiger partial charge in [0.05, 0.1) is 6.10 Å². The molecule has 1 aromatic carbocycles. The largest absolute Gasteiger partial charge is 0.393 e. The van der Waals surface area contributed by atoms with E-state index in [0.29, 0.717) is 0 Å². The molecule has 3 nitrogen and oxygen atoms in total. The molecular formula is C17H26N2O. The van der Waals surface area contributed by atoms with Crippen molar-refractivity contribution in [3.05, 3.63) is 35.9 Å². The molecule has 1 aromatic rings. The quantitative estimate of drug-likeness (QED) is 0.895. The maximum Gasteiger partial charge on any atom is 0.0570 e. The minimum Gasteiger partial charge on any atom is -0.393 e. The van der Waals surface area contributed by atoms with Crippen molar-refractivity contribution >= 4 is 0 Å². The first-order chi connectivity index (χ1) is 9.68. The number of hydrogen-bond acceptors (Lipinski definition) is 3. The number of benzene rings is 1. The summed E-state index contributed by atoms with van der Waals surface area (Å²) in [5, 5.41) is 10.0. The highest BCUT2D eigenvalue weighted by Gasteiger charge is 2.42. The van der Waals surface area contributed by atoms with Crippen LogP contribution in [0.25, 0.3) is 0 Å². The fraction of sp³-hybridized carbons (Fsp3) is 0.647. The van der Waals surface area contributed by atoms with Crippen LogP contribution in [0.3, 0.4) is 0 Å². The molecule has 0 saturated carbocycles. The number of likely N-dealkylation sites (tertiary alicyclic amines) is 2. The summed E-state index contributed by atoms with van der Waals surface area (Å²) in [7, 11) is 2.23. The normalized spacial score (nSPS) is 27.8. The summed E-state index contributed by atoms with van der Waals surface area (Å²) in [5.41, 5.74) is 1.66. The molecule has 1 unspecified atom stereocenters. The molecule has 0 aliphatic carbocycles. The van der Waals surface area contributed by atoms with Gasteiger partial charge in [0.1, 0.15) is 0 Å². The standard InChI is InChI=1S/C17H26N2O/c1-18-10-7-16(20)13-17(18)8-11-19(12-9-17)14-15-5-3-2-4-6-15/h2-6,16,20H,7-14H2,1H3. The van der Waals surface area contributed by atoms with Crippen LogP contribution < -0.4 is 0 Å². The van der Waals surface area contributed by atoms with Crippen LogP contribution in [0.2, 0.25) is 0 Å². The first-order valence-electron chi connectivity index (χ1n) is 7.84. The lowest BCUT2D eigenvalue weighted by molar-refractivity contribution is -0.0424. The Morgan fingerprint density at radius 1 is 1.15 bits per heavy atom. The minimum absolute atomic E-state index is 0.0909. The second kappa shape index (κ2) is 5.84. The zero-order chi connectivity index (χ0) is 14.0. The highest BCUT2D eigenvalue weighted by Crippen LogP contribution is 2.36. The van der Waals surface area contributed by atoms with E-state index < -0.39 is 0 Å². The molecule has 0 bridgehead atoms. The van der Waals surface area contributed by atoms with Crippen LogP contribution in [0.5, 0.6) is 0 Å². The smallest absolute Gasteiger partial charge is 0.0570 e. The third-order valence-corrected chi connectivity index (χ3v) is 5.26. The summed E-state index contributed by atoms with van der Waals surface area (Å²) in [6, 6.07) is 10.7. The van der Waals surface area contributed by atoms with E-state index in [1.54, 1.807) is 0 Å². The number of hydrogen-bond donors (Lipinski definition) is 1. The van der Waals surface area contributed by atoms with Gasteiger partial charge in [-0.2, -0.15) is 0 Å². The van der Waals surface area contributed by atoms with Crippen molar-refractivity contribution in [3.8, 4) is 0 Å². The van der Waals surface area contributed by atoms with Crippen molar-refractivity contribution in [3.63, 3.8) is 0 Å². The summed E-state index contributed by atoms with van der Waals surface area (Å²) in [6.07, 6.45) is 4.18. The highest BCUT2D eigenvalue weighted by atomic mass is 16.3. The van der Waals surface area contributed by atoms with Gasteiger partial charge in [0, 0.05) is 31.7 Å². The van der Waals surface area contributed by atoms with Gasteiger partial charge in [0.25, 0.3) is 0 Å². The number of aliphatic hydroxyl groups excluding tert-OH is 1. The molecule has 2 saturated heterocycles. The van der Waals surface area contributed by atoms with E-state index in [4.69, 9.17) is 0 Å². The Labute approximate surface area is 122 Å². The second-order valence-electron chi connectivity index (χ2n) is 6.55. The van der Waals surface area contributed by atoms with E-state index in [2.05, 4.69) is 47.2 Å². The van der Waals surface area contributed by atoms with Crippen LogP contribution in [0, 0.1) is 0 Å². The van der Waals surface area contributed by atoms with Gasteiger partial charge >= 0.3 is 0 Å². The zero-order valence-corrected chi connectivity index (χ0v) is 12.5. The predicted octanol–water partition coefficient (Wildman–Crippen LogP) is 2.11. The van der Waals surface area contributed by atoms with Gasteiger partial charge in [0.15, 0.2) is 0 Å². The van der Waals surface area contributed by atoms with Crippen LogP contribution >= 0.6 is 0 Å². The lowest BCUT2D eigenvalue weighted by Gasteiger charge is -2.51. The van der Waals surface area contributed by atoms with Crippen molar-refractivity contribution in [1.29, 1.82) is 0 Å². The fourth-order valence-electron chi connectivity index (χ4n) is 3.83. The molecule has 20 heavy (non-hydrogen) atoms. The summed E-state index contributed by atoms with van der Waals surface area (Å²) in [5.74, 6) is 0. The highest BCUT2D eigenvalue weighted by molar-refractivity contribution is 5.14. The number of piperidine rings is 2. The maximum atomic E-state index is 10.0. The summed E-state index contributed by atoms with van der Waals surface area (Å²) >= 11 is 0. The number of aliphatic hydroxyl groups is 1. The monoisotopic (exact) mass is 274 g/mol. The Hall–Kier alpha value is -0.900. The lowest BCUT2D eigenvalue weighted by Crippen LogP contribution is -2.58. The van der Waals surface area contributed by atoms with Crippen molar-refractivity contribution < 1.29 is 5.11 Å². The number of nitrogens with zero attached hydrogens (tertiary/aromatic N) is 2. The molecule has 0 radical (unpaired) electrons. The maximum absolute atomic E-state index is 10.0. The van der Waals surface area contributed by atoms with Crippen LogP contribution in [-0.2, 0) is 6.54 Å². The average Bonchev–Trinajstić information content (AvgIpc) is 2.47. The van der Waals surface area contributed by atoms with Crippen LogP contribution in [-0.4, -0.2) is 53.2 Å². The molecular weight excluding hydrogens is 248 g/mol. The molecule has 2 heterocycles. The second-order valence-corrected chi connectivity index (χ2v) is 6.55.